The fourth-order valence-electron chi connectivity index (χ4n) is 16.9. The molecule has 23 heteroatoms. The van der Waals surface area contributed by atoms with Crippen LogP contribution in [-0.4, -0.2) is 226 Å². The zero-order valence-electron chi connectivity index (χ0n) is 45.8. The van der Waals surface area contributed by atoms with Gasteiger partial charge in [-0.25, -0.2) is 4.79 Å². The van der Waals surface area contributed by atoms with E-state index in [-0.39, 0.29) is 41.6 Å². The van der Waals surface area contributed by atoms with Crippen LogP contribution in [0.25, 0.3) is 0 Å². The Morgan fingerprint density at radius 3 is 1.85 bits per heavy atom. The number of carboxylic acids is 1. The molecular formula is C55H88O23. The van der Waals surface area contributed by atoms with E-state index in [9.17, 15) is 81.1 Å². The first-order chi connectivity index (χ1) is 36.5. The first-order valence-corrected chi connectivity index (χ1v) is 28.2. The van der Waals surface area contributed by atoms with Crippen LogP contribution in [0.4, 0.5) is 0 Å². The molecule has 446 valence electrons. The Labute approximate surface area is 454 Å². The summed E-state index contributed by atoms with van der Waals surface area (Å²) in [7, 11) is 0. The second kappa shape index (κ2) is 21.8. The lowest BCUT2D eigenvalue weighted by atomic mass is 9.33. The first-order valence-electron chi connectivity index (χ1n) is 28.2. The number of hydrogen-bond donors (Lipinski definition) is 14. The van der Waals surface area contributed by atoms with Gasteiger partial charge in [-0.3, -0.25) is 4.79 Å². The van der Waals surface area contributed by atoms with Crippen LogP contribution in [0.15, 0.2) is 11.6 Å². The van der Waals surface area contributed by atoms with Crippen molar-refractivity contribution in [3.8, 4) is 0 Å². The van der Waals surface area contributed by atoms with Crippen molar-refractivity contribution < 1.29 is 114 Å². The number of aliphatic hydroxyl groups excluding tert-OH is 13. The quantitative estimate of drug-likeness (QED) is 0.0615. The zero-order valence-corrected chi connectivity index (χ0v) is 45.8. The molecule has 0 bridgehead atoms. The molecule has 29 atom stereocenters. The number of rotatable bonds is 12. The zero-order chi connectivity index (χ0) is 57.1. The molecule has 3 saturated heterocycles. The second-order valence-electron chi connectivity index (χ2n) is 26.7. The van der Waals surface area contributed by atoms with E-state index in [1.54, 1.807) is 6.92 Å². The Morgan fingerprint density at radius 1 is 0.615 bits per heavy atom. The van der Waals surface area contributed by atoms with Gasteiger partial charge in [-0.05, 0) is 116 Å². The maximum absolute atomic E-state index is 14.8. The van der Waals surface area contributed by atoms with Gasteiger partial charge in [-0.1, -0.05) is 60.1 Å². The SMILES string of the molecule is CC1CC(OC2C(OC3C(OC4CCC5(C)C(CCC6(C)C5CC=C5C7CC(C)(C)CCC7(C(=O)OC7OC(CO)C(O)C(O)C7O)CCC56C)C4(C)CO)OC(C(=O)O)C(O)C3O)OC(CO)C(O)C2O)C(O)C(O)C1O. The molecule has 0 spiro atoms. The van der Waals surface area contributed by atoms with E-state index in [1.165, 1.54) is 5.57 Å². The standard InChI is InChI=1S/C55H88O23/c1-23-18-26(33(60)36(63)32(23)59)72-43-38(65)35(62)28(21-57)74-47(43)77-44-40(67)39(66)42(45(69)70)76-48(44)75-31-11-12-51(4)29(52(31,5)22-58)10-13-54(7)30(51)9-8-24-25-19-50(2,3)14-16-55(25,17-15-53(24,54)6)49(71)78-46-41(68)37(64)34(61)27(20-56)73-46/h8,23,25-44,46-48,56-68H,9-22H2,1-7H3,(H,69,70). The summed E-state index contributed by atoms with van der Waals surface area (Å²) in [5.74, 6) is -3.17. The van der Waals surface area contributed by atoms with Gasteiger partial charge < -0.3 is 105 Å². The summed E-state index contributed by atoms with van der Waals surface area (Å²) in [4.78, 5) is 27.4. The summed E-state index contributed by atoms with van der Waals surface area (Å²) in [6.45, 7) is 12.9. The molecule has 9 rings (SSSR count). The minimum atomic E-state index is -2.10. The van der Waals surface area contributed by atoms with Crippen molar-refractivity contribution in [2.45, 2.75) is 242 Å². The number of ether oxygens (including phenoxy) is 7. The molecule has 78 heavy (non-hydrogen) atoms. The molecule has 0 aromatic rings. The molecule has 29 unspecified atom stereocenters. The van der Waals surface area contributed by atoms with Crippen LogP contribution >= 0.6 is 0 Å². The van der Waals surface area contributed by atoms with Crippen molar-refractivity contribution in [3.05, 3.63) is 11.6 Å². The third kappa shape index (κ3) is 9.64. The van der Waals surface area contributed by atoms with Gasteiger partial charge in [0, 0.05) is 5.41 Å². The highest BCUT2D eigenvalue weighted by atomic mass is 16.8. The van der Waals surface area contributed by atoms with E-state index in [4.69, 9.17) is 33.2 Å². The van der Waals surface area contributed by atoms with Crippen LogP contribution in [0.5, 0.6) is 0 Å². The molecule has 0 radical (unpaired) electrons. The van der Waals surface area contributed by atoms with E-state index < -0.39 is 175 Å². The minimum absolute atomic E-state index is 0.0277. The summed E-state index contributed by atoms with van der Waals surface area (Å²) < 4.78 is 42.7. The number of esters is 1. The number of hydrogen-bond acceptors (Lipinski definition) is 22. The van der Waals surface area contributed by atoms with Gasteiger partial charge in [-0.2, -0.15) is 0 Å². The molecule has 6 aliphatic carbocycles. The van der Waals surface area contributed by atoms with E-state index in [0.29, 0.717) is 51.4 Å². The summed E-state index contributed by atoms with van der Waals surface area (Å²) in [6, 6.07) is 0. The Bertz CT molecular complexity index is 2200. The lowest BCUT2D eigenvalue weighted by Gasteiger charge is -2.71. The topological polar surface area (TPSA) is 382 Å². The van der Waals surface area contributed by atoms with Gasteiger partial charge in [0.05, 0.1) is 43.5 Å². The first kappa shape index (κ1) is 60.5. The molecule has 14 N–H and O–H groups in total. The third-order valence-corrected chi connectivity index (χ3v) is 22.0. The van der Waals surface area contributed by atoms with Crippen molar-refractivity contribution in [2.24, 2.45) is 56.2 Å². The number of aliphatic carboxylic acids is 1. The van der Waals surface area contributed by atoms with Crippen LogP contribution in [0, 0.1) is 56.2 Å². The minimum Gasteiger partial charge on any atom is -0.479 e. The van der Waals surface area contributed by atoms with E-state index >= 15 is 0 Å². The van der Waals surface area contributed by atoms with Crippen LogP contribution in [0.1, 0.15) is 119 Å². The fourth-order valence-corrected chi connectivity index (χ4v) is 16.9. The average Bonchev–Trinajstić information content (AvgIpc) is 3.46. The van der Waals surface area contributed by atoms with Crippen LogP contribution < -0.4 is 0 Å². The van der Waals surface area contributed by atoms with Gasteiger partial charge in [0.2, 0.25) is 6.29 Å². The number of aliphatic hydroxyl groups is 13. The van der Waals surface area contributed by atoms with Gasteiger partial charge in [-0.15, -0.1) is 0 Å². The highest BCUT2D eigenvalue weighted by Gasteiger charge is 2.71. The molecule has 23 nitrogen and oxygen atoms in total. The highest BCUT2D eigenvalue weighted by molar-refractivity contribution is 5.79. The van der Waals surface area contributed by atoms with Crippen molar-refractivity contribution in [1.29, 1.82) is 0 Å². The normalized spacial score (nSPS) is 54.1. The van der Waals surface area contributed by atoms with Crippen molar-refractivity contribution in [2.75, 3.05) is 19.8 Å². The number of carboxylic acid groups (broad SMARTS) is 1. The maximum Gasteiger partial charge on any atom is 0.335 e. The summed E-state index contributed by atoms with van der Waals surface area (Å²) in [5, 5.41) is 151. The Hall–Kier alpha value is -2.08. The van der Waals surface area contributed by atoms with Crippen LogP contribution in [-0.2, 0) is 42.7 Å². The number of fused-ring (bicyclic) bond motifs is 7. The number of carbonyl (C=O) groups is 2. The number of allylic oxidation sites excluding steroid dienone is 2. The molecule has 0 aromatic carbocycles. The second-order valence-corrected chi connectivity index (χ2v) is 26.7. The summed E-state index contributed by atoms with van der Waals surface area (Å²) in [6.07, 6.45) is -24.9. The maximum atomic E-state index is 14.8. The van der Waals surface area contributed by atoms with Crippen LogP contribution in [0.2, 0.25) is 0 Å². The van der Waals surface area contributed by atoms with Crippen molar-refractivity contribution >= 4 is 11.9 Å². The number of carbonyl (C=O) groups excluding carboxylic acids is 1. The van der Waals surface area contributed by atoms with Crippen molar-refractivity contribution in [3.63, 3.8) is 0 Å². The van der Waals surface area contributed by atoms with Gasteiger partial charge >= 0.3 is 11.9 Å². The predicted octanol–water partition coefficient (Wildman–Crippen LogP) is -1.28. The van der Waals surface area contributed by atoms with Crippen molar-refractivity contribution in [1.82, 2.24) is 0 Å². The molecule has 5 saturated carbocycles. The van der Waals surface area contributed by atoms with E-state index in [0.717, 1.165) is 12.8 Å². The van der Waals surface area contributed by atoms with E-state index in [1.807, 2.05) is 6.92 Å². The van der Waals surface area contributed by atoms with Gasteiger partial charge in [0.25, 0.3) is 0 Å². The van der Waals surface area contributed by atoms with Crippen LogP contribution in [0.3, 0.4) is 0 Å². The lowest BCUT2D eigenvalue weighted by molar-refractivity contribution is -0.383. The molecule has 9 aliphatic rings. The predicted molar refractivity (Wildman–Crippen MR) is 267 cm³/mol. The molecule has 8 fully saturated rings. The van der Waals surface area contributed by atoms with E-state index in [2.05, 4.69) is 40.7 Å². The fraction of sp³-hybridized carbons (Fsp3) is 0.927. The lowest BCUT2D eigenvalue weighted by Crippen LogP contribution is -2.68. The highest BCUT2D eigenvalue weighted by Crippen LogP contribution is 2.76. The molecule has 0 amide bonds. The van der Waals surface area contributed by atoms with Gasteiger partial charge in [0.15, 0.2) is 18.7 Å². The monoisotopic (exact) mass is 1120 g/mol. The summed E-state index contributed by atoms with van der Waals surface area (Å²) in [5.41, 5.74) is -2.13. The van der Waals surface area contributed by atoms with Gasteiger partial charge in [0.1, 0.15) is 79.4 Å². The molecular weight excluding hydrogens is 1030 g/mol. The Balaban J connectivity index is 0.985. The molecule has 3 aliphatic heterocycles. The smallest absolute Gasteiger partial charge is 0.335 e. The Morgan fingerprint density at radius 2 is 1.21 bits per heavy atom. The largest absolute Gasteiger partial charge is 0.479 e. The molecule has 3 heterocycles. The third-order valence-electron chi connectivity index (χ3n) is 22.0. The average molecular weight is 1120 g/mol. The molecule has 0 aromatic heterocycles. The Kier molecular flexibility index (Phi) is 16.9. The summed E-state index contributed by atoms with van der Waals surface area (Å²) >= 11 is 0.